The maximum Gasteiger partial charge on any atom is 0.250 e. The predicted octanol–water partition coefficient (Wildman–Crippen LogP) is 5.45. The van der Waals surface area contributed by atoms with Crippen LogP contribution in [0.3, 0.4) is 0 Å². The number of hydrogen-bond acceptors (Lipinski definition) is 6. The van der Waals surface area contributed by atoms with Gasteiger partial charge in [0.05, 0.1) is 17.1 Å². The molecule has 0 saturated carbocycles. The first-order valence-corrected chi connectivity index (χ1v) is 13.5. The highest BCUT2D eigenvalue weighted by Gasteiger charge is 2.33. The second-order valence-corrected chi connectivity index (χ2v) is 10.6. The third-order valence-corrected chi connectivity index (χ3v) is 8.02. The summed E-state index contributed by atoms with van der Waals surface area (Å²) in [6.07, 6.45) is 5.49. The maximum atomic E-state index is 13.5. The lowest BCUT2D eigenvalue weighted by atomic mass is 10.0. The fourth-order valence-corrected chi connectivity index (χ4v) is 5.64. The Labute approximate surface area is 221 Å². The summed E-state index contributed by atoms with van der Waals surface area (Å²) in [5.74, 6) is -1.50. The maximum absolute atomic E-state index is 13.5. The molecule has 0 amide bonds. The number of anilines is 1. The molecule has 200 valence electrons. The number of alkyl halides is 2. The van der Waals surface area contributed by atoms with Crippen LogP contribution in [0.15, 0.2) is 42.7 Å². The first kappa shape index (κ1) is 25.0. The van der Waals surface area contributed by atoms with Crippen molar-refractivity contribution in [2.75, 3.05) is 38.5 Å². The number of piperidine rings is 2. The number of hydrogen-bond donors (Lipinski definition) is 2. The quantitative estimate of drug-likeness (QED) is 0.352. The summed E-state index contributed by atoms with van der Waals surface area (Å²) in [6, 6.07) is 10.4. The number of nitrogen functional groups attached to an aromatic ring is 1. The first-order valence-electron chi connectivity index (χ1n) is 13.5. The zero-order chi connectivity index (χ0) is 26.3. The number of likely N-dealkylation sites (tertiary alicyclic amines) is 2. The van der Waals surface area contributed by atoms with Gasteiger partial charge in [0.15, 0.2) is 11.6 Å². The van der Waals surface area contributed by atoms with Crippen LogP contribution in [0.4, 0.5) is 14.6 Å². The summed E-state index contributed by atoms with van der Waals surface area (Å²) in [7, 11) is 0. The smallest absolute Gasteiger partial charge is 0.250 e. The van der Waals surface area contributed by atoms with Gasteiger partial charge in [0.25, 0.3) is 5.92 Å². The Bertz CT molecular complexity index is 1420. The minimum Gasteiger partial charge on any atom is -0.486 e. The molecule has 2 aliphatic rings. The Balaban J connectivity index is 1.26. The van der Waals surface area contributed by atoms with Crippen LogP contribution in [-0.2, 0) is 6.54 Å². The van der Waals surface area contributed by atoms with E-state index in [-0.39, 0.29) is 18.9 Å². The molecule has 0 atom stereocenters. The van der Waals surface area contributed by atoms with E-state index in [0.29, 0.717) is 31.2 Å². The number of halogens is 2. The van der Waals surface area contributed by atoms with Crippen molar-refractivity contribution in [3.05, 3.63) is 48.3 Å². The molecule has 0 aliphatic carbocycles. The molecule has 6 rings (SSSR count). The number of benzene rings is 1. The summed E-state index contributed by atoms with van der Waals surface area (Å²) in [5, 5.41) is 1.87. The average Bonchev–Trinajstić information content (AvgIpc) is 3.30. The Morgan fingerprint density at radius 3 is 2.45 bits per heavy atom. The van der Waals surface area contributed by atoms with Crippen molar-refractivity contribution in [3.63, 3.8) is 0 Å². The second-order valence-electron chi connectivity index (χ2n) is 10.6. The Kier molecular flexibility index (Phi) is 6.65. The minimum atomic E-state index is -2.52. The number of nitrogens with two attached hydrogens (primary N) is 1. The highest BCUT2D eigenvalue weighted by molar-refractivity contribution is 6.11. The first-order chi connectivity index (χ1) is 18.4. The van der Waals surface area contributed by atoms with E-state index in [2.05, 4.69) is 57.0 Å². The van der Waals surface area contributed by atoms with Crippen molar-refractivity contribution in [1.29, 1.82) is 0 Å². The van der Waals surface area contributed by atoms with E-state index in [1.54, 1.807) is 6.20 Å². The van der Waals surface area contributed by atoms with Crippen LogP contribution < -0.4 is 10.5 Å². The highest BCUT2D eigenvalue weighted by Crippen LogP contribution is 2.38. The van der Waals surface area contributed by atoms with Crippen molar-refractivity contribution in [2.24, 2.45) is 0 Å². The van der Waals surface area contributed by atoms with Gasteiger partial charge in [-0.2, -0.15) is 0 Å². The minimum absolute atomic E-state index is 0.0644. The van der Waals surface area contributed by atoms with E-state index in [4.69, 9.17) is 15.5 Å². The number of aromatic amines is 1. The predicted molar refractivity (Wildman–Crippen MR) is 146 cm³/mol. The lowest BCUT2D eigenvalue weighted by Gasteiger charge is -2.31. The zero-order valence-electron chi connectivity index (χ0n) is 21.7. The van der Waals surface area contributed by atoms with Crippen molar-refractivity contribution in [2.45, 2.75) is 51.2 Å². The zero-order valence-corrected chi connectivity index (χ0v) is 21.7. The van der Waals surface area contributed by atoms with E-state index in [0.717, 1.165) is 71.1 Å². The van der Waals surface area contributed by atoms with E-state index < -0.39 is 5.92 Å². The van der Waals surface area contributed by atoms with Crippen LogP contribution in [0.1, 0.15) is 38.2 Å². The number of pyridine rings is 2. The molecule has 5 heterocycles. The molecular weight excluding hydrogens is 486 g/mol. The molecule has 9 heteroatoms. The molecule has 7 nitrogen and oxygen atoms in total. The highest BCUT2D eigenvalue weighted by atomic mass is 19.3. The van der Waals surface area contributed by atoms with Crippen molar-refractivity contribution < 1.29 is 13.5 Å². The Morgan fingerprint density at radius 1 is 1.00 bits per heavy atom. The third kappa shape index (κ3) is 5.05. The van der Waals surface area contributed by atoms with E-state index in [1.807, 2.05) is 6.20 Å². The molecule has 38 heavy (non-hydrogen) atoms. The molecule has 4 aromatic rings. The normalized spacial score (nSPS) is 19.3. The monoisotopic (exact) mass is 520 g/mol. The van der Waals surface area contributed by atoms with Gasteiger partial charge in [-0.25, -0.2) is 18.7 Å². The third-order valence-electron chi connectivity index (χ3n) is 8.02. The van der Waals surface area contributed by atoms with Gasteiger partial charge in [-0.1, -0.05) is 31.2 Å². The molecule has 2 fully saturated rings. The SMILES string of the molecule is CCN1CCC(Oc2c(N)ncc3[nH]c4ncc(-c5ccc(CN6CCC(F)(F)CC6)cc5)cc4c23)CC1. The van der Waals surface area contributed by atoms with Gasteiger partial charge in [-0.15, -0.1) is 0 Å². The summed E-state index contributed by atoms with van der Waals surface area (Å²) >= 11 is 0. The molecule has 3 aromatic heterocycles. The van der Waals surface area contributed by atoms with Gasteiger partial charge in [0, 0.05) is 62.7 Å². The molecule has 3 N–H and O–H groups in total. The Morgan fingerprint density at radius 2 is 1.74 bits per heavy atom. The molecular formula is C29H34F2N6O. The number of aromatic nitrogens is 3. The van der Waals surface area contributed by atoms with Crippen LogP contribution in [0, 0.1) is 0 Å². The molecule has 0 unspecified atom stereocenters. The molecule has 2 saturated heterocycles. The number of nitrogens with one attached hydrogen (secondary N) is 1. The van der Waals surface area contributed by atoms with Gasteiger partial charge >= 0.3 is 0 Å². The number of nitrogens with zero attached hydrogens (tertiary/aromatic N) is 4. The van der Waals surface area contributed by atoms with Gasteiger partial charge < -0.3 is 20.4 Å². The van der Waals surface area contributed by atoms with Gasteiger partial charge in [-0.05, 0) is 36.6 Å². The molecule has 1 aromatic carbocycles. The molecule has 2 aliphatic heterocycles. The van der Waals surface area contributed by atoms with Gasteiger partial charge in [0.1, 0.15) is 11.8 Å². The standard InChI is InChI=1S/C29H34F2N6O/c1-2-36-11-7-22(8-12-36)38-26-25-23-15-21(16-34-28(23)35-24(25)17-33-27(26)32)20-5-3-19(4-6-20)18-37-13-9-29(30,31)10-14-37/h3-6,15-17,22H,2,7-14,18H2,1H3,(H2,32,33)(H,34,35). The van der Waals surface area contributed by atoms with E-state index in [9.17, 15) is 8.78 Å². The summed E-state index contributed by atoms with van der Waals surface area (Å²) in [5.41, 5.74) is 11.1. The van der Waals surface area contributed by atoms with Gasteiger partial charge in [0.2, 0.25) is 0 Å². The van der Waals surface area contributed by atoms with Crippen LogP contribution in [-0.4, -0.2) is 69.5 Å². The summed E-state index contributed by atoms with van der Waals surface area (Å²) in [6.45, 7) is 6.81. The van der Waals surface area contributed by atoms with Crippen LogP contribution in [0.25, 0.3) is 33.1 Å². The molecule has 0 bridgehead atoms. The number of H-pyrrole nitrogens is 1. The number of ether oxygens (including phenoxy) is 1. The number of fused-ring (bicyclic) bond motifs is 3. The van der Waals surface area contributed by atoms with Crippen molar-refractivity contribution >= 4 is 27.8 Å². The van der Waals surface area contributed by atoms with Gasteiger partial charge in [-0.3, -0.25) is 4.90 Å². The summed E-state index contributed by atoms with van der Waals surface area (Å²) < 4.78 is 33.5. The van der Waals surface area contributed by atoms with Crippen LogP contribution in [0.5, 0.6) is 5.75 Å². The Hall–Kier alpha value is -3.30. The van der Waals surface area contributed by atoms with Crippen LogP contribution >= 0.6 is 0 Å². The van der Waals surface area contributed by atoms with Crippen molar-refractivity contribution in [1.82, 2.24) is 24.8 Å². The lowest BCUT2D eigenvalue weighted by molar-refractivity contribution is -0.0566. The second kappa shape index (κ2) is 10.1. The summed E-state index contributed by atoms with van der Waals surface area (Å²) in [4.78, 5) is 17.0. The van der Waals surface area contributed by atoms with Crippen LogP contribution in [0.2, 0.25) is 0 Å². The lowest BCUT2D eigenvalue weighted by Crippen LogP contribution is -2.38. The fourth-order valence-electron chi connectivity index (χ4n) is 5.64. The molecule has 0 radical (unpaired) electrons. The topological polar surface area (TPSA) is 83.3 Å². The average molecular weight is 521 g/mol. The number of rotatable bonds is 6. The largest absolute Gasteiger partial charge is 0.486 e. The van der Waals surface area contributed by atoms with Crippen molar-refractivity contribution in [3.8, 4) is 16.9 Å². The van der Waals surface area contributed by atoms with E-state index >= 15 is 0 Å². The fraction of sp³-hybridized carbons (Fsp3) is 0.448. The molecule has 0 spiro atoms. The van der Waals surface area contributed by atoms with E-state index in [1.165, 1.54) is 0 Å².